The Balaban J connectivity index is 2.37. The Morgan fingerprint density at radius 2 is 2.35 bits per heavy atom. The molecule has 1 aromatic rings. The fraction of sp³-hybridized carbons (Fsp3) is 0.600. The third-order valence-corrected chi connectivity index (χ3v) is 3.83. The monoisotopic (exact) mass is 277 g/mol. The number of rotatable bonds is 4. The van der Waals surface area contributed by atoms with Gasteiger partial charge in [-0.3, -0.25) is 0 Å². The van der Waals surface area contributed by atoms with Crippen molar-refractivity contribution in [3.63, 3.8) is 0 Å². The van der Waals surface area contributed by atoms with E-state index in [1.165, 1.54) is 6.42 Å². The van der Waals surface area contributed by atoms with Gasteiger partial charge >= 0.3 is 5.97 Å². The lowest BCUT2D eigenvalue weighted by atomic mass is 9.95. The van der Waals surface area contributed by atoms with E-state index in [-0.39, 0.29) is 12.0 Å². The van der Waals surface area contributed by atoms with Gasteiger partial charge in [0.2, 0.25) is 0 Å². The summed E-state index contributed by atoms with van der Waals surface area (Å²) in [7, 11) is 0. The SMILES string of the molecule is CCOC(=O)c1cccnc1N1C(C)CCCC1CN. The zero-order valence-corrected chi connectivity index (χ0v) is 12.2. The van der Waals surface area contributed by atoms with Gasteiger partial charge in [0, 0.05) is 24.8 Å². The van der Waals surface area contributed by atoms with Gasteiger partial charge in [0.05, 0.1) is 6.61 Å². The van der Waals surface area contributed by atoms with E-state index in [1.54, 1.807) is 25.3 Å². The highest BCUT2D eigenvalue weighted by Gasteiger charge is 2.31. The number of esters is 1. The normalized spacial score (nSPS) is 22.6. The summed E-state index contributed by atoms with van der Waals surface area (Å²) in [6.07, 6.45) is 5.02. The largest absolute Gasteiger partial charge is 0.462 e. The predicted octanol–water partition coefficient (Wildman–Crippen LogP) is 1.96. The van der Waals surface area contributed by atoms with Crippen molar-refractivity contribution in [3.05, 3.63) is 23.9 Å². The van der Waals surface area contributed by atoms with E-state index in [0.29, 0.717) is 30.6 Å². The molecule has 0 saturated carbocycles. The summed E-state index contributed by atoms with van der Waals surface area (Å²) in [6, 6.07) is 4.11. The van der Waals surface area contributed by atoms with E-state index in [4.69, 9.17) is 10.5 Å². The first kappa shape index (κ1) is 14.8. The van der Waals surface area contributed by atoms with Crippen LogP contribution in [0.2, 0.25) is 0 Å². The Morgan fingerprint density at radius 3 is 3.05 bits per heavy atom. The Hall–Kier alpha value is -1.62. The number of aromatic nitrogens is 1. The van der Waals surface area contributed by atoms with Gasteiger partial charge in [-0.1, -0.05) is 0 Å². The van der Waals surface area contributed by atoms with E-state index >= 15 is 0 Å². The zero-order chi connectivity index (χ0) is 14.5. The lowest BCUT2D eigenvalue weighted by Gasteiger charge is -2.41. The molecule has 1 aliphatic heterocycles. The van der Waals surface area contributed by atoms with Crippen molar-refractivity contribution >= 4 is 11.8 Å². The Morgan fingerprint density at radius 1 is 1.55 bits per heavy atom. The number of anilines is 1. The van der Waals surface area contributed by atoms with Gasteiger partial charge in [0.25, 0.3) is 0 Å². The number of carbonyl (C=O) groups excluding carboxylic acids is 1. The lowest BCUT2D eigenvalue weighted by Crippen LogP contribution is -2.50. The molecule has 0 spiro atoms. The molecule has 110 valence electrons. The van der Waals surface area contributed by atoms with Crippen LogP contribution in [-0.2, 0) is 4.74 Å². The minimum Gasteiger partial charge on any atom is -0.462 e. The average Bonchev–Trinajstić information content (AvgIpc) is 2.47. The molecule has 0 bridgehead atoms. The second kappa shape index (κ2) is 6.70. The summed E-state index contributed by atoms with van der Waals surface area (Å²) >= 11 is 0. The molecule has 0 aromatic carbocycles. The standard InChI is InChI=1S/C15H23N3O2/c1-3-20-15(19)13-8-5-9-17-14(13)18-11(2)6-4-7-12(18)10-16/h5,8-9,11-12H,3-4,6-7,10,16H2,1-2H3. The molecular weight excluding hydrogens is 254 g/mol. The summed E-state index contributed by atoms with van der Waals surface area (Å²) in [5, 5.41) is 0. The molecule has 5 heteroatoms. The van der Waals surface area contributed by atoms with Gasteiger partial charge in [-0.2, -0.15) is 0 Å². The van der Waals surface area contributed by atoms with Crippen molar-refractivity contribution in [3.8, 4) is 0 Å². The summed E-state index contributed by atoms with van der Waals surface area (Å²) in [5.74, 6) is 0.387. The van der Waals surface area contributed by atoms with Crippen LogP contribution in [0.5, 0.6) is 0 Å². The van der Waals surface area contributed by atoms with Crippen molar-refractivity contribution in [2.45, 2.75) is 45.2 Å². The smallest absolute Gasteiger partial charge is 0.341 e. The van der Waals surface area contributed by atoms with E-state index < -0.39 is 0 Å². The van der Waals surface area contributed by atoms with Crippen LogP contribution >= 0.6 is 0 Å². The van der Waals surface area contributed by atoms with Gasteiger partial charge in [-0.15, -0.1) is 0 Å². The molecule has 20 heavy (non-hydrogen) atoms. The first-order chi connectivity index (χ1) is 9.69. The van der Waals surface area contributed by atoms with Crippen molar-refractivity contribution < 1.29 is 9.53 Å². The number of ether oxygens (including phenoxy) is 1. The molecule has 1 aromatic heterocycles. The molecule has 2 heterocycles. The summed E-state index contributed by atoms with van der Waals surface area (Å²) in [5.41, 5.74) is 6.42. The summed E-state index contributed by atoms with van der Waals surface area (Å²) < 4.78 is 5.13. The number of piperidine rings is 1. The maximum Gasteiger partial charge on any atom is 0.341 e. The molecule has 5 nitrogen and oxygen atoms in total. The molecule has 2 atom stereocenters. The molecule has 2 rings (SSSR count). The van der Waals surface area contributed by atoms with Crippen molar-refractivity contribution in [2.24, 2.45) is 5.73 Å². The number of hydrogen-bond donors (Lipinski definition) is 1. The summed E-state index contributed by atoms with van der Waals surface area (Å²) in [6.45, 7) is 4.90. The third-order valence-electron chi connectivity index (χ3n) is 3.83. The third kappa shape index (κ3) is 2.93. The number of nitrogens with two attached hydrogens (primary N) is 1. The highest BCUT2D eigenvalue weighted by atomic mass is 16.5. The van der Waals surface area contributed by atoms with Gasteiger partial charge in [-0.05, 0) is 45.2 Å². The molecule has 2 unspecified atom stereocenters. The van der Waals surface area contributed by atoms with E-state index in [1.807, 2.05) is 0 Å². The average molecular weight is 277 g/mol. The van der Waals surface area contributed by atoms with Gasteiger partial charge in [-0.25, -0.2) is 9.78 Å². The maximum absolute atomic E-state index is 12.1. The molecule has 0 radical (unpaired) electrons. The molecule has 1 fully saturated rings. The number of hydrogen-bond acceptors (Lipinski definition) is 5. The van der Waals surface area contributed by atoms with E-state index in [0.717, 1.165) is 12.8 Å². The van der Waals surface area contributed by atoms with Crippen LogP contribution in [0.1, 0.15) is 43.5 Å². The molecule has 0 aliphatic carbocycles. The van der Waals surface area contributed by atoms with E-state index in [2.05, 4.69) is 16.8 Å². The van der Waals surface area contributed by atoms with Crippen LogP contribution in [0.3, 0.4) is 0 Å². The van der Waals surface area contributed by atoms with E-state index in [9.17, 15) is 4.79 Å². The minimum atomic E-state index is -0.316. The first-order valence-corrected chi connectivity index (χ1v) is 7.29. The zero-order valence-electron chi connectivity index (χ0n) is 12.2. The molecule has 1 saturated heterocycles. The van der Waals surface area contributed by atoms with Crippen LogP contribution in [0, 0.1) is 0 Å². The first-order valence-electron chi connectivity index (χ1n) is 7.29. The van der Waals surface area contributed by atoms with Gasteiger partial charge in [0.1, 0.15) is 11.4 Å². The maximum atomic E-state index is 12.1. The second-order valence-electron chi connectivity index (χ2n) is 5.17. The predicted molar refractivity (Wildman–Crippen MR) is 78.8 cm³/mol. The van der Waals surface area contributed by atoms with Gasteiger partial charge < -0.3 is 15.4 Å². The molecule has 0 amide bonds. The van der Waals surface area contributed by atoms with Crippen molar-refractivity contribution in [2.75, 3.05) is 18.1 Å². The Bertz CT molecular complexity index is 464. The Kier molecular flexibility index (Phi) is 4.95. The minimum absolute atomic E-state index is 0.238. The van der Waals surface area contributed by atoms with Crippen LogP contribution in [0.25, 0.3) is 0 Å². The lowest BCUT2D eigenvalue weighted by molar-refractivity contribution is 0.0526. The second-order valence-corrected chi connectivity index (χ2v) is 5.17. The molecular formula is C15H23N3O2. The van der Waals surface area contributed by atoms with Crippen molar-refractivity contribution in [1.82, 2.24) is 4.98 Å². The quantitative estimate of drug-likeness (QED) is 0.852. The molecule has 1 aliphatic rings. The van der Waals surface area contributed by atoms with Crippen LogP contribution in [0.4, 0.5) is 5.82 Å². The highest BCUT2D eigenvalue weighted by Crippen LogP contribution is 2.30. The van der Waals surface area contributed by atoms with Gasteiger partial charge in [0.15, 0.2) is 0 Å². The van der Waals surface area contributed by atoms with Crippen LogP contribution in [0.15, 0.2) is 18.3 Å². The fourth-order valence-corrected chi connectivity index (χ4v) is 2.87. The van der Waals surface area contributed by atoms with Crippen molar-refractivity contribution in [1.29, 1.82) is 0 Å². The fourth-order valence-electron chi connectivity index (χ4n) is 2.87. The number of pyridine rings is 1. The number of carbonyl (C=O) groups is 1. The highest BCUT2D eigenvalue weighted by molar-refractivity contribution is 5.94. The molecule has 2 N–H and O–H groups in total. The van der Waals surface area contributed by atoms with Crippen LogP contribution in [-0.4, -0.2) is 36.2 Å². The van der Waals surface area contributed by atoms with Crippen LogP contribution < -0.4 is 10.6 Å². The number of nitrogens with zero attached hydrogens (tertiary/aromatic N) is 2. The topological polar surface area (TPSA) is 68.5 Å². The Labute approximate surface area is 120 Å². The summed E-state index contributed by atoms with van der Waals surface area (Å²) in [4.78, 5) is 18.7.